The number of hydrazine groups is 1. The lowest BCUT2D eigenvalue weighted by atomic mass is 10.2. The van der Waals surface area contributed by atoms with Gasteiger partial charge in [0.1, 0.15) is 5.82 Å². The summed E-state index contributed by atoms with van der Waals surface area (Å²) in [6, 6.07) is 6.36. The summed E-state index contributed by atoms with van der Waals surface area (Å²) in [6.07, 6.45) is -0.437. The predicted octanol–water partition coefficient (Wildman–Crippen LogP) is 0.342. The van der Waals surface area contributed by atoms with Gasteiger partial charge in [0.05, 0.1) is 6.10 Å². The fraction of sp³-hybridized carbons (Fsp3) is 0.500. The second kappa shape index (κ2) is 7.34. The summed E-state index contributed by atoms with van der Waals surface area (Å²) in [4.78, 5) is 0. The summed E-state index contributed by atoms with van der Waals surface area (Å²) in [5.41, 5.74) is 4.00. The Morgan fingerprint density at radius 3 is 2.47 bits per heavy atom. The molecule has 1 unspecified atom stereocenters. The van der Waals surface area contributed by atoms with E-state index in [0.29, 0.717) is 19.6 Å². The van der Waals surface area contributed by atoms with Crippen molar-refractivity contribution in [2.45, 2.75) is 12.6 Å². The molecule has 1 aromatic rings. The standard InChI is InChI=1S/C12H20FN3O/c1-14-7-12(17)9-16(15-2)8-10-3-5-11(13)6-4-10/h3-6,12,14-15,17H,7-9H2,1-2H3. The molecule has 4 nitrogen and oxygen atoms in total. The van der Waals surface area contributed by atoms with Gasteiger partial charge in [-0.25, -0.2) is 9.40 Å². The van der Waals surface area contributed by atoms with Crippen LogP contribution in [0.1, 0.15) is 5.56 Å². The van der Waals surface area contributed by atoms with Gasteiger partial charge in [0.2, 0.25) is 0 Å². The smallest absolute Gasteiger partial charge is 0.123 e. The van der Waals surface area contributed by atoms with Gasteiger partial charge in [-0.1, -0.05) is 12.1 Å². The minimum Gasteiger partial charge on any atom is -0.390 e. The Morgan fingerprint density at radius 2 is 1.94 bits per heavy atom. The number of aliphatic hydroxyl groups excluding tert-OH is 1. The Kier molecular flexibility index (Phi) is 6.07. The Labute approximate surface area is 101 Å². The molecule has 17 heavy (non-hydrogen) atoms. The number of hydrogen-bond acceptors (Lipinski definition) is 4. The molecule has 0 radical (unpaired) electrons. The highest BCUT2D eigenvalue weighted by atomic mass is 19.1. The van der Waals surface area contributed by atoms with Crippen LogP contribution in [0.15, 0.2) is 24.3 Å². The lowest BCUT2D eigenvalue weighted by Gasteiger charge is -2.24. The van der Waals surface area contributed by atoms with Crippen molar-refractivity contribution in [1.82, 2.24) is 15.8 Å². The summed E-state index contributed by atoms with van der Waals surface area (Å²) in [5, 5.41) is 14.5. The normalized spacial score (nSPS) is 13.0. The molecule has 1 atom stereocenters. The van der Waals surface area contributed by atoms with Crippen LogP contribution in [0.3, 0.4) is 0 Å². The molecule has 0 aliphatic rings. The molecule has 0 aromatic heterocycles. The van der Waals surface area contributed by atoms with E-state index in [-0.39, 0.29) is 5.82 Å². The highest BCUT2D eigenvalue weighted by Gasteiger charge is 2.10. The summed E-state index contributed by atoms with van der Waals surface area (Å²) < 4.78 is 12.7. The quantitative estimate of drug-likeness (QED) is 0.603. The van der Waals surface area contributed by atoms with E-state index in [4.69, 9.17) is 0 Å². The molecule has 0 fully saturated rings. The Morgan fingerprint density at radius 1 is 1.29 bits per heavy atom. The van der Waals surface area contributed by atoms with Gasteiger partial charge in [0.15, 0.2) is 0 Å². The number of nitrogens with one attached hydrogen (secondary N) is 2. The van der Waals surface area contributed by atoms with Crippen LogP contribution in [0.4, 0.5) is 4.39 Å². The maximum atomic E-state index is 12.7. The highest BCUT2D eigenvalue weighted by molar-refractivity contribution is 5.15. The second-order valence-corrected chi connectivity index (χ2v) is 3.94. The number of nitrogens with zero attached hydrogens (tertiary/aromatic N) is 1. The van der Waals surface area contributed by atoms with Gasteiger partial charge < -0.3 is 10.4 Å². The first-order valence-electron chi connectivity index (χ1n) is 5.65. The maximum Gasteiger partial charge on any atom is 0.123 e. The van der Waals surface area contributed by atoms with Crippen molar-refractivity contribution in [2.24, 2.45) is 0 Å². The highest BCUT2D eigenvalue weighted by Crippen LogP contribution is 2.05. The number of rotatable bonds is 7. The van der Waals surface area contributed by atoms with E-state index in [1.165, 1.54) is 12.1 Å². The molecule has 0 spiro atoms. The molecule has 1 aromatic carbocycles. The van der Waals surface area contributed by atoms with E-state index in [1.54, 1.807) is 26.2 Å². The first-order valence-corrected chi connectivity index (χ1v) is 5.65. The lowest BCUT2D eigenvalue weighted by Crippen LogP contribution is -2.43. The number of benzene rings is 1. The molecule has 1 rings (SSSR count). The van der Waals surface area contributed by atoms with Crippen LogP contribution in [0, 0.1) is 5.82 Å². The van der Waals surface area contributed by atoms with Crippen molar-refractivity contribution >= 4 is 0 Å². The van der Waals surface area contributed by atoms with Gasteiger partial charge >= 0.3 is 0 Å². The fourth-order valence-corrected chi connectivity index (χ4v) is 1.60. The van der Waals surface area contributed by atoms with Gasteiger partial charge in [0.25, 0.3) is 0 Å². The van der Waals surface area contributed by atoms with Gasteiger partial charge in [0, 0.05) is 19.6 Å². The third kappa shape index (κ3) is 5.23. The van der Waals surface area contributed by atoms with Crippen LogP contribution < -0.4 is 10.7 Å². The Bertz CT molecular complexity index is 318. The fourth-order valence-electron chi connectivity index (χ4n) is 1.60. The van der Waals surface area contributed by atoms with Gasteiger partial charge in [-0.2, -0.15) is 0 Å². The Hall–Kier alpha value is -1.01. The lowest BCUT2D eigenvalue weighted by molar-refractivity contribution is 0.0840. The van der Waals surface area contributed by atoms with Crippen molar-refractivity contribution in [3.63, 3.8) is 0 Å². The SMILES string of the molecule is CNCC(O)CN(Cc1ccc(F)cc1)NC. The summed E-state index contributed by atoms with van der Waals surface area (Å²) in [5.74, 6) is -0.236. The van der Waals surface area contributed by atoms with Crippen molar-refractivity contribution in [2.75, 3.05) is 27.2 Å². The van der Waals surface area contributed by atoms with Crippen molar-refractivity contribution < 1.29 is 9.50 Å². The number of hydrogen-bond donors (Lipinski definition) is 3. The molecular weight excluding hydrogens is 221 g/mol. The molecule has 0 aliphatic heterocycles. The third-order valence-corrected chi connectivity index (χ3v) is 2.47. The largest absolute Gasteiger partial charge is 0.390 e. The second-order valence-electron chi connectivity index (χ2n) is 3.94. The molecule has 0 bridgehead atoms. The third-order valence-electron chi connectivity index (χ3n) is 2.47. The Balaban J connectivity index is 2.48. The van der Waals surface area contributed by atoms with Crippen LogP contribution in [0.25, 0.3) is 0 Å². The van der Waals surface area contributed by atoms with E-state index in [0.717, 1.165) is 5.56 Å². The first kappa shape index (κ1) is 14.1. The molecule has 0 heterocycles. The number of aliphatic hydroxyl groups is 1. The average molecular weight is 241 g/mol. The minimum atomic E-state index is -0.437. The summed E-state index contributed by atoms with van der Waals surface area (Å²) >= 11 is 0. The molecule has 0 saturated heterocycles. The van der Waals surface area contributed by atoms with E-state index >= 15 is 0 Å². The van der Waals surface area contributed by atoms with E-state index in [9.17, 15) is 9.50 Å². The molecular formula is C12H20FN3O. The monoisotopic (exact) mass is 241 g/mol. The number of likely N-dealkylation sites (N-methyl/N-ethyl adjacent to an activating group) is 1. The zero-order chi connectivity index (χ0) is 12.7. The summed E-state index contributed by atoms with van der Waals surface area (Å²) in [6.45, 7) is 1.67. The zero-order valence-corrected chi connectivity index (χ0v) is 10.3. The summed E-state index contributed by atoms with van der Waals surface area (Å²) in [7, 11) is 3.60. The molecule has 0 aliphatic carbocycles. The molecule has 0 saturated carbocycles. The molecule has 0 amide bonds. The molecule has 3 N–H and O–H groups in total. The van der Waals surface area contributed by atoms with Crippen LogP contribution in [0.2, 0.25) is 0 Å². The first-order chi connectivity index (χ1) is 8.15. The van der Waals surface area contributed by atoms with Crippen molar-refractivity contribution in [1.29, 1.82) is 0 Å². The van der Waals surface area contributed by atoms with Crippen LogP contribution in [-0.2, 0) is 6.54 Å². The molecule has 5 heteroatoms. The predicted molar refractivity (Wildman–Crippen MR) is 65.8 cm³/mol. The molecule has 96 valence electrons. The maximum absolute atomic E-state index is 12.7. The van der Waals surface area contributed by atoms with Gasteiger partial charge in [-0.05, 0) is 31.8 Å². The topological polar surface area (TPSA) is 47.5 Å². The van der Waals surface area contributed by atoms with E-state index in [2.05, 4.69) is 10.7 Å². The van der Waals surface area contributed by atoms with Crippen LogP contribution in [0.5, 0.6) is 0 Å². The van der Waals surface area contributed by atoms with Crippen molar-refractivity contribution in [3.8, 4) is 0 Å². The minimum absolute atomic E-state index is 0.236. The van der Waals surface area contributed by atoms with E-state index in [1.807, 2.05) is 5.01 Å². The van der Waals surface area contributed by atoms with Crippen LogP contribution >= 0.6 is 0 Å². The zero-order valence-electron chi connectivity index (χ0n) is 10.3. The van der Waals surface area contributed by atoms with Gasteiger partial charge in [-0.3, -0.25) is 5.43 Å². The average Bonchev–Trinajstić information content (AvgIpc) is 2.31. The van der Waals surface area contributed by atoms with Crippen molar-refractivity contribution in [3.05, 3.63) is 35.6 Å². The van der Waals surface area contributed by atoms with E-state index < -0.39 is 6.10 Å². The van der Waals surface area contributed by atoms with Crippen LogP contribution in [-0.4, -0.2) is 43.4 Å². The number of halogens is 1. The van der Waals surface area contributed by atoms with Gasteiger partial charge in [-0.15, -0.1) is 0 Å².